The molecule has 0 saturated carbocycles. The van der Waals surface area contributed by atoms with Crippen molar-refractivity contribution < 1.29 is 40.7 Å². The number of carbonyl (C=O) groups is 2. The number of pyridine rings is 1. The lowest BCUT2D eigenvalue weighted by molar-refractivity contribution is -0.158. The number of alkyl halides is 6. The summed E-state index contributed by atoms with van der Waals surface area (Å²) < 4.78 is 88.2. The zero-order valence-electron chi connectivity index (χ0n) is 24.9. The largest absolute Gasteiger partial charge is 0.475 e. The summed E-state index contributed by atoms with van der Waals surface area (Å²) >= 11 is 6.05. The van der Waals surface area contributed by atoms with Gasteiger partial charge in [-0.2, -0.15) is 26.3 Å². The Bertz CT molecular complexity index is 1550. The van der Waals surface area contributed by atoms with Crippen molar-refractivity contribution >= 4 is 23.4 Å². The van der Waals surface area contributed by atoms with Crippen LogP contribution in [0.5, 0.6) is 5.75 Å². The molecule has 13 heteroatoms. The van der Waals surface area contributed by atoms with Gasteiger partial charge in [-0.1, -0.05) is 37.1 Å². The van der Waals surface area contributed by atoms with Gasteiger partial charge >= 0.3 is 12.4 Å². The Hall–Kier alpha value is -3.80. The molecule has 246 valence electrons. The number of ether oxygens (including phenoxy) is 1. The molecule has 1 aromatic heterocycles. The van der Waals surface area contributed by atoms with E-state index in [1.54, 1.807) is 17.0 Å². The Morgan fingerprint density at radius 3 is 2.30 bits per heavy atom. The molecule has 1 unspecified atom stereocenters. The third-order valence-corrected chi connectivity index (χ3v) is 8.95. The number of halogens is 7. The second kappa shape index (κ2) is 13.1. The third-order valence-electron chi connectivity index (χ3n) is 8.70. The van der Waals surface area contributed by atoms with Gasteiger partial charge in [0, 0.05) is 49.4 Å². The van der Waals surface area contributed by atoms with Crippen LogP contribution in [0.4, 0.5) is 26.3 Å². The molecule has 2 aromatic carbocycles. The molecule has 0 N–H and O–H groups in total. The molecule has 2 amide bonds. The Labute approximate surface area is 267 Å². The zero-order valence-corrected chi connectivity index (χ0v) is 25.6. The lowest BCUT2D eigenvalue weighted by atomic mass is 9.79. The van der Waals surface area contributed by atoms with Crippen LogP contribution in [0.2, 0.25) is 5.02 Å². The van der Waals surface area contributed by atoms with Gasteiger partial charge in [0.25, 0.3) is 11.8 Å². The molecule has 2 fully saturated rings. The van der Waals surface area contributed by atoms with Crippen LogP contribution < -0.4 is 4.74 Å². The van der Waals surface area contributed by atoms with Crippen molar-refractivity contribution in [3.05, 3.63) is 94.3 Å². The van der Waals surface area contributed by atoms with E-state index >= 15 is 0 Å². The SMILES string of the molecule is CCC[C@H]1N(C(=O)c2cnccc2C(F)(F)F)CCC[C@@]1(Oc1ccc(C(F)(F)F)cc1)C(=O)N1CCC(c2ccc(Cl)cc2)C1. The lowest BCUT2D eigenvalue weighted by Crippen LogP contribution is -2.67. The molecule has 3 heterocycles. The fourth-order valence-corrected chi connectivity index (χ4v) is 6.64. The summed E-state index contributed by atoms with van der Waals surface area (Å²) in [5.41, 5.74) is -3.53. The number of amides is 2. The van der Waals surface area contributed by atoms with Gasteiger partial charge in [0.15, 0.2) is 0 Å². The van der Waals surface area contributed by atoms with E-state index in [0.29, 0.717) is 31.0 Å². The molecule has 3 aromatic rings. The van der Waals surface area contributed by atoms with E-state index in [1.165, 1.54) is 4.90 Å². The first-order valence-electron chi connectivity index (χ1n) is 15.0. The number of rotatable bonds is 7. The van der Waals surface area contributed by atoms with Crippen molar-refractivity contribution in [1.29, 1.82) is 0 Å². The number of benzene rings is 2. The number of aromatic nitrogens is 1. The standard InChI is InChI=1S/C33H32ClF6N3O3/c1-2-4-28-31(46-25-11-7-23(8-12-25)32(35,36)37,30(45)42-18-14-22(20-42)21-5-9-24(34)10-6-21)15-3-17-43(28)29(44)26-19-41-16-13-27(26)33(38,39)40/h5-13,16,19,22,28H,2-4,14-15,17-18,20H2,1H3/t22?,28-,31+/m1/s1. The highest BCUT2D eigenvalue weighted by Gasteiger charge is 2.56. The summed E-state index contributed by atoms with van der Waals surface area (Å²) in [4.78, 5) is 35.2. The minimum absolute atomic E-state index is 0.0254. The maximum atomic E-state index is 14.7. The summed E-state index contributed by atoms with van der Waals surface area (Å²) in [5.74, 6) is -1.48. The van der Waals surface area contributed by atoms with Crippen molar-refractivity contribution in [2.75, 3.05) is 19.6 Å². The van der Waals surface area contributed by atoms with Gasteiger partial charge in [-0.15, -0.1) is 0 Å². The van der Waals surface area contributed by atoms with Crippen molar-refractivity contribution in [2.45, 2.75) is 68.9 Å². The van der Waals surface area contributed by atoms with Gasteiger partial charge < -0.3 is 14.5 Å². The predicted molar refractivity (Wildman–Crippen MR) is 158 cm³/mol. The number of nitrogens with zero attached hydrogens (tertiary/aromatic N) is 3. The van der Waals surface area contributed by atoms with E-state index in [1.807, 2.05) is 19.1 Å². The summed E-state index contributed by atoms with van der Waals surface area (Å²) in [7, 11) is 0. The van der Waals surface area contributed by atoms with Crippen molar-refractivity contribution in [2.24, 2.45) is 0 Å². The first-order valence-corrected chi connectivity index (χ1v) is 15.4. The molecule has 0 spiro atoms. The number of likely N-dealkylation sites (tertiary alicyclic amines) is 2. The van der Waals surface area contributed by atoms with Gasteiger partial charge in [0.1, 0.15) is 5.75 Å². The molecule has 0 aliphatic carbocycles. The number of hydrogen-bond acceptors (Lipinski definition) is 4. The average Bonchev–Trinajstić information content (AvgIpc) is 3.51. The van der Waals surface area contributed by atoms with Gasteiger partial charge in [-0.3, -0.25) is 14.6 Å². The maximum Gasteiger partial charge on any atom is 0.417 e. The van der Waals surface area contributed by atoms with E-state index in [4.69, 9.17) is 16.3 Å². The molecular weight excluding hydrogens is 636 g/mol. The second-order valence-corrected chi connectivity index (χ2v) is 12.1. The van der Waals surface area contributed by atoms with E-state index < -0.39 is 52.5 Å². The minimum Gasteiger partial charge on any atom is -0.475 e. The molecule has 2 aliphatic heterocycles. The first kappa shape index (κ1) is 33.6. The van der Waals surface area contributed by atoms with Crippen LogP contribution in [0, 0.1) is 0 Å². The molecule has 3 atom stereocenters. The van der Waals surface area contributed by atoms with Crippen LogP contribution in [0.25, 0.3) is 0 Å². The summed E-state index contributed by atoms with van der Waals surface area (Å²) in [5, 5.41) is 0.565. The third kappa shape index (κ3) is 6.82. The fourth-order valence-electron chi connectivity index (χ4n) is 6.51. The number of carbonyl (C=O) groups excluding carboxylic acids is 2. The molecular formula is C33H32ClF6N3O3. The highest BCUT2D eigenvalue weighted by molar-refractivity contribution is 6.30. The molecule has 2 aliphatic rings. The quantitative estimate of drug-likeness (QED) is 0.240. The van der Waals surface area contributed by atoms with Gasteiger partial charge in [-0.25, -0.2) is 0 Å². The van der Waals surface area contributed by atoms with Crippen LogP contribution in [-0.4, -0.2) is 57.9 Å². The van der Waals surface area contributed by atoms with Gasteiger partial charge in [0.05, 0.1) is 22.7 Å². The van der Waals surface area contributed by atoms with Crippen LogP contribution >= 0.6 is 11.6 Å². The molecule has 2 saturated heterocycles. The van der Waals surface area contributed by atoms with E-state index in [-0.39, 0.29) is 37.5 Å². The monoisotopic (exact) mass is 667 g/mol. The number of piperidine rings is 1. The second-order valence-electron chi connectivity index (χ2n) is 11.6. The molecule has 5 rings (SSSR count). The van der Waals surface area contributed by atoms with Crippen LogP contribution in [-0.2, 0) is 17.1 Å². The van der Waals surface area contributed by atoms with Gasteiger partial charge in [-0.05, 0) is 67.3 Å². The Morgan fingerprint density at radius 1 is 0.978 bits per heavy atom. The molecule has 0 radical (unpaired) electrons. The molecule has 6 nitrogen and oxygen atoms in total. The minimum atomic E-state index is -4.83. The Morgan fingerprint density at radius 2 is 1.67 bits per heavy atom. The number of hydrogen-bond donors (Lipinski definition) is 0. The zero-order chi connectivity index (χ0) is 33.3. The molecule has 46 heavy (non-hydrogen) atoms. The average molecular weight is 668 g/mol. The van der Waals surface area contributed by atoms with Crippen molar-refractivity contribution in [3.8, 4) is 5.75 Å². The van der Waals surface area contributed by atoms with E-state index in [2.05, 4.69) is 4.98 Å². The van der Waals surface area contributed by atoms with Crippen LogP contribution in [0.3, 0.4) is 0 Å². The topological polar surface area (TPSA) is 62.7 Å². The summed E-state index contributed by atoms with van der Waals surface area (Å²) in [6, 6.07) is 10.9. The summed E-state index contributed by atoms with van der Waals surface area (Å²) in [6.07, 6.45) is -6.07. The fraction of sp³-hybridized carbons (Fsp3) is 0.424. The Kier molecular flexibility index (Phi) is 9.58. The summed E-state index contributed by atoms with van der Waals surface area (Å²) in [6.45, 7) is 2.51. The van der Waals surface area contributed by atoms with Crippen molar-refractivity contribution in [1.82, 2.24) is 14.8 Å². The highest BCUT2D eigenvalue weighted by atomic mass is 35.5. The van der Waals surface area contributed by atoms with Crippen LogP contribution in [0.1, 0.15) is 72.0 Å². The van der Waals surface area contributed by atoms with Crippen molar-refractivity contribution in [3.63, 3.8) is 0 Å². The van der Waals surface area contributed by atoms with E-state index in [9.17, 15) is 35.9 Å². The van der Waals surface area contributed by atoms with Gasteiger partial charge in [0.2, 0.25) is 5.60 Å². The normalized spacial score (nSPS) is 22.2. The highest BCUT2D eigenvalue weighted by Crippen LogP contribution is 2.41. The van der Waals surface area contributed by atoms with Crippen LogP contribution in [0.15, 0.2) is 67.0 Å². The smallest absolute Gasteiger partial charge is 0.417 e. The molecule has 0 bridgehead atoms. The Balaban J connectivity index is 1.55. The van der Waals surface area contributed by atoms with E-state index in [0.717, 1.165) is 48.3 Å². The maximum absolute atomic E-state index is 14.7. The first-order chi connectivity index (χ1) is 21.7. The predicted octanol–water partition coefficient (Wildman–Crippen LogP) is 8.01. The lowest BCUT2D eigenvalue weighted by Gasteiger charge is -2.49.